The first kappa shape index (κ1) is 15.9. The lowest BCUT2D eigenvalue weighted by atomic mass is 10.3. The molecule has 0 saturated carbocycles. The van der Waals surface area contributed by atoms with E-state index in [1.165, 1.54) is 0 Å². The van der Waals surface area contributed by atoms with Crippen LogP contribution in [0, 0.1) is 0 Å². The Bertz CT molecular complexity index is 919. The summed E-state index contributed by atoms with van der Waals surface area (Å²) in [6.45, 7) is 0. The zero-order valence-electron chi connectivity index (χ0n) is 12.7. The van der Waals surface area contributed by atoms with Gasteiger partial charge in [-0.25, -0.2) is 4.98 Å². The molecular weight excluding hydrogens is 332 g/mol. The first-order valence-corrected chi connectivity index (χ1v) is 7.38. The second-order valence-corrected chi connectivity index (χ2v) is 5.36. The lowest BCUT2D eigenvalue weighted by Gasteiger charge is -2.00. The van der Waals surface area contributed by atoms with Crippen LogP contribution in [0.15, 0.2) is 52.8 Å². The van der Waals surface area contributed by atoms with Gasteiger partial charge in [-0.2, -0.15) is 0 Å². The van der Waals surface area contributed by atoms with Crippen LogP contribution >= 0.6 is 11.6 Å². The average molecular weight is 345 g/mol. The van der Waals surface area contributed by atoms with Crippen molar-refractivity contribution in [2.45, 2.75) is 6.42 Å². The van der Waals surface area contributed by atoms with Gasteiger partial charge in [-0.3, -0.25) is 9.20 Å². The highest BCUT2D eigenvalue weighted by Crippen LogP contribution is 2.27. The van der Waals surface area contributed by atoms with Crippen LogP contribution in [-0.2, 0) is 11.2 Å². The van der Waals surface area contributed by atoms with Crippen molar-refractivity contribution in [1.29, 1.82) is 0 Å². The van der Waals surface area contributed by atoms with E-state index >= 15 is 0 Å². The van der Waals surface area contributed by atoms with E-state index in [0.29, 0.717) is 33.6 Å². The van der Waals surface area contributed by atoms with E-state index in [1.54, 1.807) is 54.1 Å². The molecule has 122 valence electrons. The predicted octanol–water partition coefficient (Wildman–Crippen LogP) is 4.04. The van der Waals surface area contributed by atoms with Gasteiger partial charge in [-0.05, 0) is 36.4 Å². The summed E-state index contributed by atoms with van der Waals surface area (Å²) in [4.78, 5) is 15.3. The number of rotatable bonds is 5. The number of carboxylic acids is 1. The molecule has 0 bridgehead atoms. The van der Waals surface area contributed by atoms with Crippen LogP contribution in [0.2, 0.25) is 5.02 Å². The summed E-state index contributed by atoms with van der Waals surface area (Å²) in [5.41, 5.74) is 1.48. The van der Waals surface area contributed by atoms with E-state index in [2.05, 4.69) is 15.2 Å². The maximum atomic E-state index is 11.0. The van der Waals surface area contributed by atoms with Crippen LogP contribution in [0.5, 0.6) is 5.75 Å². The molecule has 0 saturated heterocycles. The molecule has 24 heavy (non-hydrogen) atoms. The third kappa shape index (κ3) is 3.36. The Labute approximate surface area is 142 Å². The van der Waals surface area contributed by atoms with Crippen LogP contribution in [0.25, 0.3) is 5.65 Å². The van der Waals surface area contributed by atoms with Gasteiger partial charge in [0.15, 0.2) is 5.82 Å². The minimum absolute atomic E-state index is 0.254. The summed E-state index contributed by atoms with van der Waals surface area (Å²) in [5, 5.41) is 17.9. The number of carboxylic acid groups (broad SMARTS) is 1. The second kappa shape index (κ2) is 6.67. The Kier molecular flexibility index (Phi) is 4.43. The number of hydrogen-bond acceptors (Lipinski definition) is 5. The van der Waals surface area contributed by atoms with Crippen molar-refractivity contribution in [2.24, 2.45) is 10.2 Å². The number of halogens is 1. The summed E-state index contributed by atoms with van der Waals surface area (Å²) in [6.07, 6.45) is 1.37. The van der Waals surface area contributed by atoms with Crippen molar-refractivity contribution in [3.05, 3.63) is 53.3 Å². The Morgan fingerprint density at radius 3 is 2.67 bits per heavy atom. The molecule has 1 aromatic carbocycles. The number of imidazole rings is 1. The van der Waals surface area contributed by atoms with E-state index < -0.39 is 5.97 Å². The van der Waals surface area contributed by atoms with E-state index in [4.69, 9.17) is 21.4 Å². The molecule has 3 aromatic rings. The van der Waals surface area contributed by atoms with Gasteiger partial charge in [0.2, 0.25) is 0 Å². The summed E-state index contributed by atoms with van der Waals surface area (Å²) in [5.74, 6) is 0.0539. The van der Waals surface area contributed by atoms with Crippen LogP contribution in [-0.4, -0.2) is 27.6 Å². The molecule has 1 N–H and O–H groups in total. The topological polar surface area (TPSA) is 88.5 Å². The van der Waals surface area contributed by atoms with Crippen molar-refractivity contribution < 1.29 is 14.6 Å². The quantitative estimate of drug-likeness (QED) is 0.707. The number of carbonyl (C=O) groups is 1. The summed E-state index contributed by atoms with van der Waals surface area (Å²) in [7, 11) is 1.58. The number of azo groups is 1. The standard InChI is InChI=1S/C16H13ClN4O3/c1-24-12-5-3-11(4-6-12)19-20-16-13(8-15(22)23)18-14-7-2-10(17)9-21(14)16/h2-7,9H,8H2,1H3,(H,22,23). The molecule has 0 amide bonds. The average Bonchev–Trinajstić information content (AvgIpc) is 2.89. The van der Waals surface area contributed by atoms with Gasteiger partial charge in [-0.15, -0.1) is 10.2 Å². The fraction of sp³-hybridized carbons (Fsp3) is 0.125. The minimum Gasteiger partial charge on any atom is -0.497 e. The Morgan fingerprint density at radius 2 is 2.00 bits per heavy atom. The number of aromatic nitrogens is 2. The largest absolute Gasteiger partial charge is 0.497 e. The molecule has 0 spiro atoms. The van der Waals surface area contributed by atoms with Crippen LogP contribution in [0.3, 0.4) is 0 Å². The first-order chi connectivity index (χ1) is 11.6. The highest BCUT2D eigenvalue weighted by atomic mass is 35.5. The van der Waals surface area contributed by atoms with E-state index in [0.717, 1.165) is 0 Å². The molecule has 8 heteroatoms. The fourth-order valence-corrected chi connectivity index (χ4v) is 2.34. The highest BCUT2D eigenvalue weighted by molar-refractivity contribution is 6.30. The Hall–Kier alpha value is -2.93. The number of benzene rings is 1. The van der Waals surface area contributed by atoms with Gasteiger partial charge in [0.05, 0.1) is 29.9 Å². The molecular formula is C16H13ClN4O3. The lowest BCUT2D eigenvalue weighted by Crippen LogP contribution is -2.00. The van der Waals surface area contributed by atoms with Crippen LogP contribution in [0.1, 0.15) is 5.69 Å². The van der Waals surface area contributed by atoms with E-state index in [9.17, 15) is 4.79 Å². The smallest absolute Gasteiger partial charge is 0.309 e. The number of hydrogen-bond donors (Lipinski definition) is 1. The molecule has 3 rings (SSSR count). The van der Waals surface area contributed by atoms with Crippen molar-refractivity contribution in [2.75, 3.05) is 7.11 Å². The molecule has 2 aromatic heterocycles. The lowest BCUT2D eigenvalue weighted by molar-refractivity contribution is -0.136. The number of ether oxygens (including phenoxy) is 1. The predicted molar refractivity (Wildman–Crippen MR) is 88.7 cm³/mol. The highest BCUT2D eigenvalue weighted by Gasteiger charge is 2.15. The Balaban J connectivity index is 2.03. The van der Waals surface area contributed by atoms with E-state index in [-0.39, 0.29) is 6.42 Å². The number of fused-ring (bicyclic) bond motifs is 1. The van der Waals surface area contributed by atoms with Gasteiger partial charge in [0, 0.05) is 6.20 Å². The van der Waals surface area contributed by atoms with Gasteiger partial charge in [0.25, 0.3) is 0 Å². The number of nitrogens with zero attached hydrogens (tertiary/aromatic N) is 4. The van der Waals surface area contributed by atoms with Crippen molar-refractivity contribution in [3.63, 3.8) is 0 Å². The molecule has 0 aliphatic heterocycles. The molecule has 0 radical (unpaired) electrons. The molecule has 0 atom stereocenters. The third-order valence-corrected chi connectivity index (χ3v) is 3.50. The van der Waals surface area contributed by atoms with Gasteiger partial charge in [0.1, 0.15) is 11.4 Å². The summed E-state index contributed by atoms with van der Waals surface area (Å²) < 4.78 is 6.71. The first-order valence-electron chi connectivity index (χ1n) is 7.01. The van der Waals surface area contributed by atoms with Crippen LogP contribution in [0.4, 0.5) is 11.5 Å². The SMILES string of the molecule is COc1ccc(N=Nc2c(CC(=O)O)nc3ccc(Cl)cn23)cc1. The molecule has 0 unspecified atom stereocenters. The van der Waals surface area contributed by atoms with Crippen LogP contribution < -0.4 is 4.74 Å². The summed E-state index contributed by atoms with van der Waals surface area (Å²) in [6, 6.07) is 10.4. The normalized spacial score (nSPS) is 11.2. The molecule has 7 nitrogen and oxygen atoms in total. The summed E-state index contributed by atoms with van der Waals surface area (Å²) >= 11 is 6.01. The molecule has 0 aliphatic carbocycles. The number of pyridine rings is 1. The van der Waals surface area contributed by atoms with Crippen molar-refractivity contribution >= 4 is 34.7 Å². The monoisotopic (exact) mass is 344 g/mol. The molecule has 0 fully saturated rings. The van der Waals surface area contributed by atoms with Crippen molar-refractivity contribution in [1.82, 2.24) is 9.38 Å². The fourth-order valence-electron chi connectivity index (χ4n) is 2.18. The number of aliphatic carboxylic acids is 1. The van der Waals surface area contributed by atoms with Gasteiger partial charge in [-0.1, -0.05) is 11.6 Å². The zero-order valence-corrected chi connectivity index (χ0v) is 13.4. The molecule has 0 aliphatic rings. The minimum atomic E-state index is -0.995. The van der Waals surface area contributed by atoms with Gasteiger partial charge >= 0.3 is 5.97 Å². The Morgan fingerprint density at radius 1 is 1.25 bits per heavy atom. The maximum absolute atomic E-state index is 11.0. The van der Waals surface area contributed by atoms with E-state index in [1.807, 2.05) is 0 Å². The zero-order chi connectivity index (χ0) is 17.1. The maximum Gasteiger partial charge on any atom is 0.309 e. The van der Waals surface area contributed by atoms with Gasteiger partial charge < -0.3 is 9.84 Å². The third-order valence-electron chi connectivity index (χ3n) is 3.28. The molecule has 2 heterocycles. The van der Waals surface area contributed by atoms with Crippen molar-refractivity contribution in [3.8, 4) is 5.75 Å². The second-order valence-electron chi connectivity index (χ2n) is 4.93. The number of methoxy groups -OCH3 is 1.